The van der Waals surface area contributed by atoms with Crippen LogP contribution in [0.2, 0.25) is 0 Å². The van der Waals surface area contributed by atoms with Gasteiger partial charge in [-0.15, -0.1) is 0 Å². The fourth-order valence-corrected chi connectivity index (χ4v) is 7.61. The van der Waals surface area contributed by atoms with E-state index in [0.717, 1.165) is 70.6 Å². The Morgan fingerprint density at radius 3 is 1.36 bits per heavy atom. The molecule has 3 unspecified atom stereocenters. The van der Waals surface area contributed by atoms with E-state index in [1.807, 2.05) is 0 Å². The average Bonchev–Trinajstić information content (AvgIpc) is 3.22. The first-order valence-corrected chi connectivity index (χ1v) is 25.2. The summed E-state index contributed by atoms with van der Waals surface area (Å²) in [4.78, 5) is 26.0. The summed E-state index contributed by atoms with van der Waals surface area (Å²) in [7, 11) is 0. The number of unbranched alkanes of at least 4 members (excludes halogenated alkanes) is 27. The van der Waals surface area contributed by atoms with Crippen LogP contribution in [0.25, 0.3) is 0 Å². The lowest BCUT2D eigenvalue weighted by atomic mass is 10.0. The molecule has 0 rings (SSSR count). The van der Waals surface area contributed by atoms with Gasteiger partial charge in [-0.3, -0.25) is 9.59 Å². The fourth-order valence-electron chi connectivity index (χ4n) is 7.61. The third-order valence-corrected chi connectivity index (χ3v) is 11.5. The smallest absolute Gasteiger partial charge is 0.306 e. The minimum absolute atomic E-state index is 0.0714. The summed E-state index contributed by atoms with van der Waals surface area (Å²) in [5.41, 5.74) is 0. The summed E-state index contributed by atoms with van der Waals surface area (Å²) in [6.45, 7) is 6.44. The maximum absolute atomic E-state index is 13.1. The molecule has 0 fully saturated rings. The second-order valence-electron chi connectivity index (χ2n) is 17.2. The van der Waals surface area contributed by atoms with Crippen LogP contribution in [-0.4, -0.2) is 46.9 Å². The molecular formula is C52H97NO5. The zero-order valence-electron chi connectivity index (χ0n) is 38.7. The van der Waals surface area contributed by atoms with Crippen LogP contribution in [-0.2, 0) is 14.3 Å². The van der Waals surface area contributed by atoms with E-state index in [2.05, 4.69) is 62.5 Å². The van der Waals surface area contributed by atoms with Gasteiger partial charge >= 0.3 is 5.97 Å². The van der Waals surface area contributed by atoms with Gasteiger partial charge in [0.1, 0.15) is 6.10 Å². The van der Waals surface area contributed by atoms with E-state index in [9.17, 15) is 19.8 Å². The Hall–Kier alpha value is -1.92. The molecule has 6 nitrogen and oxygen atoms in total. The van der Waals surface area contributed by atoms with Gasteiger partial charge in [0, 0.05) is 6.42 Å². The number of hydrogen-bond acceptors (Lipinski definition) is 5. The van der Waals surface area contributed by atoms with Crippen LogP contribution in [0.1, 0.15) is 258 Å². The molecule has 0 saturated heterocycles. The Morgan fingerprint density at radius 1 is 0.500 bits per heavy atom. The molecule has 340 valence electrons. The molecule has 0 aromatic heterocycles. The van der Waals surface area contributed by atoms with Crippen molar-refractivity contribution in [1.29, 1.82) is 0 Å². The molecule has 3 atom stereocenters. The van der Waals surface area contributed by atoms with Gasteiger partial charge in [0.2, 0.25) is 5.91 Å². The molecule has 0 saturated carbocycles. The van der Waals surface area contributed by atoms with Crippen LogP contribution in [0.15, 0.2) is 36.5 Å². The molecule has 0 spiro atoms. The minimum Gasteiger partial charge on any atom is -0.462 e. The molecule has 6 heteroatoms. The van der Waals surface area contributed by atoms with Crippen molar-refractivity contribution in [1.82, 2.24) is 5.32 Å². The fraction of sp³-hybridized carbons (Fsp3) is 0.846. The first-order chi connectivity index (χ1) is 28.5. The zero-order chi connectivity index (χ0) is 42.4. The third-order valence-electron chi connectivity index (χ3n) is 11.5. The molecule has 3 N–H and O–H groups in total. The number of aliphatic hydroxyl groups is 2. The van der Waals surface area contributed by atoms with Crippen molar-refractivity contribution in [3.63, 3.8) is 0 Å². The summed E-state index contributed by atoms with van der Waals surface area (Å²) in [6.07, 6.45) is 53.4. The van der Waals surface area contributed by atoms with E-state index < -0.39 is 18.2 Å². The number of allylic oxidation sites excluding steroid dienone is 6. The molecule has 0 radical (unpaired) electrons. The molecule has 0 aliphatic heterocycles. The summed E-state index contributed by atoms with van der Waals surface area (Å²) >= 11 is 0. The third kappa shape index (κ3) is 40.8. The van der Waals surface area contributed by atoms with Crippen LogP contribution in [0.3, 0.4) is 0 Å². The average molecular weight is 816 g/mol. The van der Waals surface area contributed by atoms with Gasteiger partial charge in [-0.2, -0.15) is 0 Å². The van der Waals surface area contributed by atoms with Gasteiger partial charge in [-0.1, -0.05) is 218 Å². The Balaban J connectivity index is 4.50. The highest BCUT2D eigenvalue weighted by Crippen LogP contribution is 2.18. The predicted molar refractivity (Wildman–Crippen MR) is 250 cm³/mol. The molecule has 0 aliphatic carbocycles. The Labute approximate surface area is 360 Å². The second kappa shape index (κ2) is 46.2. The normalized spacial score (nSPS) is 13.5. The van der Waals surface area contributed by atoms with Gasteiger partial charge in [-0.25, -0.2) is 0 Å². The quantitative estimate of drug-likeness (QED) is 0.0323. The number of esters is 1. The summed E-state index contributed by atoms with van der Waals surface area (Å²) in [6, 6.07) is -0.701. The van der Waals surface area contributed by atoms with E-state index in [4.69, 9.17) is 4.74 Å². The monoisotopic (exact) mass is 816 g/mol. The highest BCUT2D eigenvalue weighted by Gasteiger charge is 2.24. The molecule has 1 amide bonds. The first-order valence-electron chi connectivity index (χ1n) is 25.2. The molecule has 58 heavy (non-hydrogen) atoms. The van der Waals surface area contributed by atoms with Gasteiger partial charge in [0.25, 0.3) is 0 Å². The van der Waals surface area contributed by atoms with E-state index >= 15 is 0 Å². The SMILES string of the molecule is CCCCC/C=C\C/C=C\C/C=C\CCCCCCC(=O)OC(CCCCCCCCCCC)CC(=O)NC(CO)C(O)CCCCCCCCCCCCCCC. The van der Waals surface area contributed by atoms with Crippen molar-refractivity contribution in [2.75, 3.05) is 6.61 Å². The van der Waals surface area contributed by atoms with Crippen LogP contribution >= 0.6 is 0 Å². The largest absolute Gasteiger partial charge is 0.462 e. The van der Waals surface area contributed by atoms with Crippen molar-refractivity contribution < 1.29 is 24.5 Å². The van der Waals surface area contributed by atoms with Crippen molar-refractivity contribution in [2.45, 2.75) is 277 Å². The van der Waals surface area contributed by atoms with Crippen LogP contribution < -0.4 is 5.32 Å². The lowest BCUT2D eigenvalue weighted by Crippen LogP contribution is -2.46. The van der Waals surface area contributed by atoms with E-state index in [-0.39, 0.29) is 24.9 Å². The van der Waals surface area contributed by atoms with Crippen molar-refractivity contribution in [3.8, 4) is 0 Å². The standard InChI is InChI=1S/C52H97NO5/c1-4-7-10-13-16-19-21-23-24-25-26-28-30-33-36-39-42-45-52(57)58-48(43-40-37-34-31-18-15-12-9-6-3)46-51(56)53-49(47-54)50(55)44-41-38-35-32-29-27-22-20-17-14-11-8-5-2/h16,19,23-24,26,28,48-50,54-55H,4-15,17-18,20-22,25,27,29-47H2,1-3H3,(H,53,56)/b19-16-,24-23-,28-26-. The van der Waals surface area contributed by atoms with Crippen LogP contribution in [0.4, 0.5) is 0 Å². The molecular weight excluding hydrogens is 719 g/mol. The number of hydrogen-bond donors (Lipinski definition) is 3. The number of carbonyl (C=O) groups excluding carboxylic acids is 2. The van der Waals surface area contributed by atoms with E-state index in [1.54, 1.807) is 0 Å². The predicted octanol–water partition coefficient (Wildman–Crippen LogP) is 14.9. The lowest BCUT2D eigenvalue weighted by molar-refractivity contribution is -0.151. The van der Waals surface area contributed by atoms with Gasteiger partial charge < -0.3 is 20.3 Å². The number of nitrogens with one attached hydrogen (secondary N) is 1. The van der Waals surface area contributed by atoms with Crippen molar-refractivity contribution in [2.24, 2.45) is 0 Å². The molecule has 0 aromatic rings. The summed E-state index contributed by atoms with van der Waals surface area (Å²) in [5, 5.41) is 23.7. The molecule has 0 bridgehead atoms. The number of amides is 1. The van der Waals surface area contributed by atoms with Crippen LogP contribution in [0.5, 0.6) is 0 Å². The van der Waals surface area contributed by atoms with E-state index in [1.165, 1.54) is 141 Å². The Morgan fingerprint density at radius 2 is 0.879 bits per heavy atom. The summed E-state index contributed by atoms with van der Waals surface area (Å²) in [5.74, 6) is -0.493. The second-order valence-corrected chi connectivity index (χ2v) is 17.2. The highest BCUT2D eigenvalue weighted by molar-refractivity contribution is 5.77. The maximum Gasteiger partial charge on any atom is 0.306 e. The first kappa shape index (κ1) is 56.1. The summed E-state index contributed by atoms with van der Waals surface area (Å²) < 4.78 is 5.90. The molecule has 0 aromatic carbocycles. The minimum atomic E-state index is -0.787. The van der Waals surface area contributed by atoms with Crippen LogP contribution in [0, 0.1) is 0 Å². The molecule has 0 aliphatic rings. The Kier molecular flexibility index (Phi) is 44.6. The van der Waals surface area contributed by atoms with Gasteiger partial charge in [0.15, 0.2) is 0 Å². The van der Waals surface area contributed by atoms with Crippen molar-refractivity contribution in [3.05, 3.63) is 36.5 Å². The zero-order valence-corrected chi connectivity index (χ0v) is 38.7. The number of ether oxygens (including phenoxy) is 1. The number of aliphatic hydroxyl groups excluding tert-OH is 2. The maximum atomic E-state index is 13.1. The number of carbonyl (C=O) groups is 2. The lowest BCUT2D eigenvalue weighted by Gasteiger charge is -2.24. The number of rotatable bonds is 45. The van der Waals surface area contributed by atoms with Gasteiger partial charge in [-0.05, 0) is 64.2 Å². The topological polar surface area (TPSA) is 95.9 Å². The Bertz CT molecular complexity index is 961. The highest BCUT2D eigenvalue weighted by atomic mass is 16.5. The van der Waals surface area contributed by atoms with E-state index in [0.29, 0.717) is 19.3 Å². The molecule has 0 heterocycles. The van der Waals surface area contributed by atoms with Gasteiger partial charge in [0.05, 0.1) is 25.2 Å². The van der Waals surface area contributed by atoms with Crippen molar-refractivity contribution >= 4 is 11.9 Å².